The predicted molar refractivity (Wildman–Crippen MR) is 92.0 cm³/mol. The molecule has 0 unspecified atom stereocenters. The fourth-order valence-electron chi connectivity index (χ4n) is 2.53. The highest BCUT2D eigenvalue weighted by atomic mass is 16.2. The monoisotopic (exact) mass is 325 g/mol. The number of nitrogens with one attached hydrogen (secondary N) is 2. The Labute approximate surface area is 139 Å². The molecule has 1 heterocycles. The number of anilines is 2. The van der Waals surface area contributed by atoms with Gasteiger partial charge in [-0.15, -0.1) is 0 Å². The van der Waals surface area contributed by atoms with Crippen molar-refractivity contribution in [2.24, 2.45) is 18.9 Å². The highest BCUT2D eigenvalue weighted by Gasteiger charge is 2.39. The highest BCUT2D eigenvalue weighted by Crippen LogP contribution is 2.38. The lowest BCUT2D eigenvalue weighted by molar-refractivity contribution is -0.117. The van der Waals surface area contributed by atoms with E-state index in [1.807, 2.05) is 6.92 Å². The van der Waals surface area contributed by atoms with E-state index in [0.717, 1.165) is 6.42 Å². The second kappa shape index (κ2) is 6.31. The van der Waals surface area contributed by atoms with Gasteiger partial charge in [0.25, 0.3) is 5.91 Å². The van der Waals surface area contributed by atoms with Gasteiger partial charge in [0, 0.05) is 36.5 Å². The topological polar surface area (TPSA) is 80.2 Å². The lowest BCUT2D eigenvalue weighted by Crippen LogP contribution is -2.18. The Morgan fingerprint density at radius 3 is 2.54 bits per heavy atom. The quantitative estimate of drug-likeness (QED) is 0.904. The van der Waals surface area contributed by atoms with Gasteiger partial charge >= 0.3 is 0 Å². The molecule has 2 amide bonds. The number of carbonyl (C=O) groups excluding carboxylic acids is 2. The third-order valence-electron chi connectivity index (χ3n) is 4.18. The Morgan fingerprint density at radius 2 is 1.88 bits per heavy atom. The van der Waals surface area contributed by atoms with Crippen LogP contribution in [0.4, 0.5) is 11.4 Å². The molecule has 6 heteroatoms. The smallest absolute Gasteiger partial charge is 0.255 e. The summed E-state index contributed by atoms with van der Waals surface area (Å²) in [6.45, 7) is 2.04. The third kappa shape index (κ3) is 3.53. The Bertz CT molecular complexity index is 857. The summed E-state index contributed by atoms with van der Waals surface area (Å²) in [5, 5.41) is 5.58. The molecule has 3 rings (SSSR count). The predicted octanol–water partition coefficient (Wildman–Crippen LogP) is 2.23. The Morgan fingerprint density at radius 1 is 1.12 bits per heavy atom. The summed E-state index contributed by atoms with van der Waals surface area (Å²) >= 11 is 0. The van der Waals surface area contributed by atoms with Gasteiger partial charge in [-0.1, -0.05) is 13.0 Å². The largest absolute Gasteiger partial charge is 0.326 e. The molecule has 0 spiro atoms. The number of hydrogen-bond acceptors (Lipinski definition) is 3. The van der Waals surface area contributed by atoms with Crippen LogP contribution in [0, 0.1) is 11.8 Å². The van der Waals surface area contributed by atoms with Crippen molar-refractivity contribution in [3.8, 4) is 0 Å². The van der Waals surface area contributed by atoms with E-state index in [2.05, 4.69) is 10.6 Å². The van der Waals surface area contributed by atoms with Gasteiger partial charge in [0.1, 0.15) is 0 Å². The van der Waals surface area contributed by atoms with Crippen LogP contribution >= 0.6 is 0 Å². The number of benzene rings is 1. The summed E-state index contributed by atoms with van der Waals surface area (Å²) in [4.78, 5) is 35.7. The molecule has 1 aliphatic rings. The van der Waals surface area contributed by atoms with Crippen molar-refractivity contribution in [3.05, 3.63) is 58.5 Å². The number of amides is 2. The third-order valence-corrected chi connectivity index (χ3v) is 4.18. The molecule has 2 N–H and O–H groups in total. The molecular formula is C18H19N3O3. The summed E-state index contributed by atoms with van der Waals surface area (Å²) in [5.74, 6) is 0.206. The average molecular weight is 325 g/mol. The fourth-order valence-corrected chi connectivity index (χ4v) is 2.53. The molecule has 24 heavy (non-hydrogen) atoms. The number of rotatable bonds is 4. The first-order chi connectivity index (χ1) is 11.4. The molecule has 1 saturated carbocycles. The molecule has 0 radical (unpaired) electrons. The highest BCUT2D eigenvalue weighted by molar-refractivity contribution is 6.05. The zero-order valence-corrected chi connectivity index (χ0v) is 13.6. The number of nitrogens with zero attached hydrogens (tertiary/aromatic N) is 1. The zero-order chi connectivity index (χ0) is 17.3. The lowest BCUT2D eigenvalue weighted by atomic mass is 10.1. The van der Waals surface area contributed by atoms with Gasteiger partial charge in [0.2, 0.25) is 11.5 Å². The first kappa shape index (κ1) is 16.0. The van der Waals surface area contributed by atoms with Crippen LogP contribution in [0.3, 0.4) is 0 Å². The summed E-state index contributed by atoms with van der Waals surface area (Å²) in [6, 6.07) is 9.74. The number of aromatic nitrogens is 1. The van der Waals surface area contributed by atoms with Gasteiger partial charge in [-0.25, -0.2) is 0 Å². The minimum atomic E-state index is -0.301. The molecule has 1 aromatic carbocycles. The van der Waals surface area contributed by atoms with E-state index in [1.165, 1.54) is 10.6 Å². The summed E-state index contributed by atoms with van der Waals surface area (Å²) in [7, 11) is 1.62. The van der Waals surface area contributed by atoms with Crippen LogP contribution in [0.25, 0.3) is 0 Å². The van der Waals surface area contributed by atoms with Gasteiger partial charge in [-0.3, -0.25) is 14.4 Å². The first-order valence-electron chi connectivity index (χ1n) is 7.83. The van der Waals surface area contributed by atoms with E-state index in [1.54, 1.807) is 43.6 Å². The SMILES string of the molecule is C[C@H]1C[C@H]1C(=O)Nc1cccc(C(=O)Nc2ccc(=O)n(C)c2)c1. The molecular weight excluding hydrogens is 306 g/mol. The minimum absolute atomic E-state index is 0.00174. The van der Waals surface area contributed by atoms with Crippen LogP contribution in [0.5, 0.6) is 0 Å². The molecule has 2 aromatic rings. The van der Waals surface area contributed by atoms with Crippen LogP contribution in [0.1, 0.15) is 23.7 Å². The van der Waals surface area contributed by atoms with Crippen molar-refractivity contribution in [3.63, 3.8) is 0 Å². The summed E-state index contributed by atoms with van der Waals surface area (Å²) < 4.78 is 1.39. The van der Waals surface area contributed by atoms with Crippen molar-refractivity contribution in [1.82, 2.24) is 4.57 Å². The molecule has 1 fully saturated rings. The fraction of sp³-hybridized carbons (Fsp3) is 0.278. The standard InChI is InChI=1S/C18H19N3O3/c1-11-8-15(11)18(24)19-13-5-3-4-12(9-13)17(23)20-14-6-7-16(22)21(2)10-14/h3-7,9-11,15H,8H2,1-2H3,(H,19,24)(H,20,23)/t11-,15+/m0/s1. The molecule has 1 aliphatic carbocycles. The summed E-state index contributed by atoms with van der Waals surface area (Å²) in [6.07, 6.45) is 2.47. The number of pyridine rings is 1. The maximum atomic E-state index is 12.3. The molecule has 0 bridgehead atoms. The first-order valence-corrected chi connectivity index (χ1v) is 7.83. The Hall–Kier alpha value is -2.89. The second-order valence-corrected chi connectivity index (χ2v) is 6.21. The van der Waals surface area contributed by atoms with E-state index in [-0.39, 0.29) is 23.3 Å². The van der Waals surface area contributed by atoms with Crippen molar-refractivity contribution >= 4 is 23.2 Å². The van der Waals surface area contributed by atoms with Crippen LogP contribution in [0.2, 0.25) is 0 Å². The van der Waals surface area contributed by atoms with E-state index >= 15 is 0 Å². The van der Waals surface area contributed by atoms with Gasteiger partial charge in [-0.2, -0.15) is 0 Å². The zero-order valence-electron chi connectivity index (χ0n) is 13.6. The van der Waals surface area contributed by atoms with Crippen molar-refractivity contribution in [2.45, 2.75) is 13.3 Å². The average Bonchev–Trinajstić information content (AvgIpc) is 3.28. The number of aryl methyl sites for hydroxylation is 1. The van der Waals surface area contributed by atoms with E-state index in [0.29, 0.717) is 22.9 Å². The van der Waals surface area contributed by atoms with Gasteiger partial charge in [0.15, 0.2) is 0 Å². The maximum absolute atomic E-state index is 12.3. The van der Waals surface area contributed by atoms with Crippen molar-refractivity contribution in [2.75, 3.05) is 10.6 Å². The van der Waals surface area contributed by atoms with E-state index in [4.69, 9.17) is 0 Å². The van der Waals surface area contributed by atoms with Crippen LogP contribution < -0.4 is 16.2 Å². The van der Waals surface area contributed by atoms with Crippen LogP contribution in [-0.4, -0.2) is 16.4 Å². The molecule has 2 atom stereocenters. The Kier molecular flexibility index (Phi) is 4.20. The van der Waals surface area contributed by atoms with Crippen molar-refractivity contribution in [1.29, 1.82) is 0 Å². The van der Waals surface area contributed by atoms with Crippen LogP contribution in [-0.2, 0) is 11.8 Å². The lowest BCUT2D eigenvalue weighted by Gasteiger charge is -2.09. The molecule has 1 aromatic heterocycles. The number of hydrogen-bond donors (Lipinski definition) is 2. The molecule has 6 nitrogen and oxygen atoms in total. The van der Waals surface area contributed by atoms with E-state index < -0.39 is 0 Å². The van der Waals surface area contributed by atoms with Gasteiger partial charge in [-0.05, 0) is 36.6 Å². The minimum Gasteiger partial charge on any atom is -0.326 e. The molecule has 0 saturated heterocycles. The maximum Gasteiger partial charge on any atom is 0.255 e. The number of carbonyl (C=O) groups is 2. The molecule has 124 valence electrons. The normalized spacial score (nSPS) is 18.8. The van der Waals surface area contributed by atoms with Crippen molar-refractivity contribution < 1.29 is 9.59 Å². The van der Waals surface area contributed by atoms with Crippen LogP contribution in [0.15, 0.2) is 47.4 Å². The van der Waals surface area contributed by atoms with Gasteiger partial charge < -0.3 is 15.2 Å². The molecule has 0 aliphatic heterocycles. The van der Waals surface area contributed by atoms with E-state index in [9.17, 15) is 14.4 Å². The van der Waals surface area contributed by atoms with Gasteiger partial charge in [0.05, 0.1) is 5.69 Å². The second-order valence-electron chi connectivity index (χ2n) is 6.21. The Balaban J connectivity index is 1.70. The summed E-state index contributed by atoms with van der Waals surface area (Å²) in [5.41, 5.74) is 1.42.